The number of rotatable bonds is 5. The highest BCUT2D eigenvalue weighted by Crippen LogP contribution is 2.12. The molecular formula is C11H12N3O3S-. The number of carboxylic acids is 1. The molecule has 6 nitrogen and oxygen atoms in total. The van der Waals surface area contributed by atoms with Crippen molar-refractivity contribution in [1.82, 2.24) is 5.43 Å². The monoisotopic (exact) mass is 266 g/mol. The molecule has 0 aliphatic heterocycles. The summed E-state index contributed by atoms with van der Waals surface area (Å²) in [6.07, 6.45) is 0.520. The molecule has 1 rings (SSSR count). The van der Waals surface area contributed by atoms with Gasteiger partial charge >= 0.3 is 0 Å². The third kappa shape index (κ3) is 4.79. The molecule has 1 aromatic carbocycles. The molecule has 3 N–H and O–H groups in total. The minimum atomic E-state index is -1.26. The summed E-state index contributed by atoms with van der Waals surface area (Å²) in [5.41, 5.74) is 8.39. The molecule has 0 aliphatic rings. The number of thiocarbonyl (C=S) groups is 1. The van der Waals surface area contributed by atoms with Crippen LogP contribution >= 0.6 is 12.2 Å². The molecule has 96 valence electrons. The van der Waals surface area contributed by atoms with E-state index in [0.29, 0.717) is 5.75 Å². The number of carbonyl (C=O) groups excluding carboxylic acids is 1. The van der Waals surface area contributed by atoms with Crippen molar-refractivity contribution in [1.29, 1.82) is 0 Å². The summed E-state index contributed by atoms with van der Waals surface area (Å²) in [6.45, 7) is 1.40. The maximum atomic E-state index is 10.5. The molecule has 0 heterocycles. The summed E-state index contributed by atoms with van der Waals surface area (Å²) in [4.78, 5) is 10.5. The van der Waals surface area contributed by atoms with Crippen LogP contribution in [0.15, 0.2) is 29.4 Å². The molecule has 0 fully saturated rings. The van der Waals surface area contributed by atoms with Crippen LogP contribution < -0.4 is 21.0 Å². The number of carboxylic acid groups (broad SMARTS) is 1. The topological polar surface area (TPSA) is 99.8 Å². The number of ether oxygens (including phenoxy) is 1. The summed E-state index contributed by atoms with van der Waals surface area (Å²) in [7, 11) is 0. The van der Waals surface area contributed by atoms with Crippen LogP contribution in [-0.4, -0.2) is 23.4 Å². The van der Waals surface area contributed by atoms with E-state index in [4.69, 9.17) is 10.5 Å². The van der Waals surface area contributed by atoms with E-state index in [0.717, 1.165) is 5.56 Å². The highest BCUT2D eigenvalue weighted by atomic mass is 32.1. The van der Waals surface area contributed by atoms with Crippen molar-refractivity contribution in [3.63, 3.8) is 0 Å². The molecule has 0 unspecified atom stereocenters. The fourth-order valence-electron chi connectivity index (χ4n) is 1.06. The largest absolute Gasteiger partial charge is 0.546 e. The predicted octanol–water partition coefficient (Wildman–Crippen LogP) is -0.629. The third-order valence-corrected chi connectivity index (χ3v) is 2.00. The van der Waals surface area contributed by atoms with Gasteiger partial charge in [-0.15, -0.1) is 0 Å². The molecule has 0 amide bonds. The number of nitrogens with zero attached hydrogens (tertiary/aromatic N) is 1. The first-order valence-electron chi connectivity index (χ1n) is 5.05. The Labute approximate surface area is 109 Å². The number of nitrogens with one attached hydrogen (secondary N) is 1. The molecule has 0 spiro atoms. The molecule has 18 heavy (non-hydrogen) atoms. The molecule has 1 aromatic rings. The maximum absolute atomic E-state index is 10.5. The minimum absolute atomic E-state index is 0.0778. The predicted molar refractivity (Wildman–Crippen MR) is 69.1 cm³/mol. The second-order valence-corrected chi connectivity index (χ2v) is 3.82. The molecule has 0 saturated heterocycles. The highest BCUT2D eigenvalue weighted by Gasteiger charge is 2.03. The first-order chi connectivity index (χ1) is 8.49. The standard InChI is InChI=1S/C11H13N3O3S/c1-7(10(15)16)17-9-4-2-8(3-5-9)6-13-14-11(12)18/h2-7H,1H3,(H,15,16)(H3,12,14,18)/p-1/t7-/m0/s1. The first-order valence-corrected chi connectivity index (χ1v) is 5.46. The lowest BCUT2D eigenvalue weighted by atomic mass is 10.2. The first kappa shape index (κ1) is 13.9. The van der Waals surface area contributed by atoms with Crippen molar-refractivity contribution in [3.8, 4) is 5.75 Å². The lowest BCUT2D eigenvalue weighted by Gasteiger charge is -2.15. The van der Waals surface area contributed by atoms with Gasteiger partial charge in [0, 0.05) is 0 Å². The smallest absolute Gasteiger partial charge is 0.184 e. The Morgan fingerprint density at radius 1 is 1.56 bits per heavy atom. The summed E-state index contributed by atoms with van der Waals surface area (Å²) < 4.78 is 5.11. The van der Waals surface area contributed by atoms with Crippen LogP contribution in [0.2, 0.25) is 0 Å². The number of aliphatic carboxylic acids is 1. The van der Waals surface area contributed by atoms with Crippen molar-refractivity contribution in [2.75, 3.05) is 0 Å². The zero-order chi connectivity index (χ0) is 13.5. The van der Waals surface area contributed by atoms with Crippen LogP contribution in [0, 0.1) is 0 Å². The zero-order valence-corrected chi connectivity index (χ0v) is 10.4. The molecule has 0 saturated carbocycles. The van der Waals surface area contributed by atoms with Crippen molar-refractivity contribution >= 4 is 29.5 Å². The van der Waals surface area contributed by atoms with Crippen LogP contribution in [0.5, 0.6) is 5.75 Å². The Morgan fingerprint density at radius 3 is 2.67 bits per heavy atom. The van der Waals surface area contributed by atoms with Gasteiger partial charge in [-0.1, -0.05) is 0 Å². The fraction of sp³-hybridized carbons (Fsp3) is 0.182. The van der Waals surface area contributed by atoms with Crippen molar-refractivity contribution < 1.29 is 14.6 Å². The molecule has 0 aromatic heterocycles. The van der Waals surface area contributed by atoms with Crippen molar-refractivity contribution in [3.05, 3.63) is 29.8 Å². The summed E-state index contributed by atoms with van der Waals surface area (Å²) >= 11 is 4.57. The lowest BCUT2D eigenvalue weighted by Crippen LogP contribution is -2.37. The van der Waals surface area contributed by atoms with E-state index < -0.39 is 12.1 Å². The van der Waals surface area contributed by atoms with Gasteiger partial charge in [0.05, 0.1) is 12.2 Å². The Kier molecular flexibility index (Phi) is 5.06. The van der Waals surface area contributed by atoms with Gasteiger partial charge in [0.15, 0.2) is 5.11 Å². The van der Waals surface area contributed by atoms with Gasteiger partial charge in [-0.2, -0.15) is 5.10 Å². The number of benzene rings is 1. The van der Waals surface area contributed by atoms with E-state index in [-0.39, 0.29) is 5.11 Å². The number of hydrazone groups is 1. The van der Waals surface area contributed by atoms with Crippen LogP contribution in [0.4, 0.5) is 0 Å². The van der Waals surface area contributed by atoms with Gasteiger partial charge in [-0.3, -0.25) is 5.43 Å². The average molecular weight is 266 g/mol. The molecular weight excluding hydrogens is 254 g/mol. The van der Waals surface area contributed by atoms with Gasteiger partial charge in [0.25, 0.3) is 0 Å². The zero-order valence-electron chi connectivity index (χ0n) is 9.62. The number of carbonyl (C=O) groups is 1. The molecule has 0 bridgehead atoms. The Morgan fingerprint density at radius 2 is 2.17 bits per heavy atom. The van der Waals surface area contributed by atoms with E-state index in [2.05, 4.69) is 22.7 Å². The average Bonchev–Trinajstić information content (AvgIpc) is 2.30. The van der Waals surface area contributed by atoms with E-state index in [9.17, 15) is 9.90 Å². The maximum Gasteiger partial charge on any atom is 0.184 e. The van der Waals surface area contributed by atoms with E-state index >= 15 is 0 Å². The van der Waals surface area contributed by atoms with Gasteiger partial charge in [0.2, 0.25) is 0 Å². The van der Waals surface area contributed by atoms with E-state index in [1.165, 1.54) is 13.1 Å². The quantitative estimate of drug-likeness (QED) is 0.418. The van der Waals surface area contributed by atoms with Crippen LogP contribution in [0.25, 0.3) is 0 Å². The van der Waals surface area contributed by atoms with Crippen LogP contribution in [0.3, 0.4) is 0 Å². The minimum Gasteiger partial charge on any atom is -0.546 e. The third-order valence-electron chi connectivity index (χ3n) is 1.91. The Balaban J connectivity index is 2.60. The Hall–Kier alpha value is -2.15. The van der Waals surface area contributed by atoms with Gasteiger partial charge in [0.1, 0.15) is 11.9 Å². The summed E-state index contributed by atoms with van der Waals surface area (Å²) in [5, 5.41) is 14.3. The SMILES string of the molecule is C[C@H](Oc1ccc(C=NNC(N)=S)cc1)C(=O)[O-]. The van der Waals surface area contributed by atoms with E-state index in [1.54, 1.807) is 24.3 Å². The second kappa shape index (κ2) is 6.55. The fourth-order valence-corrected chi connectivity index (χ4v) is 1.11. The second-order valence-electron chi connectivity index (χ2n) is 3.38. The number of hydrogen-bond donors (Lipinski definition) is 2. The normalized spacial score (nSPS) is 12.1. The molecule has 7 heteroatoms. The van der Waals surface area contributed by atoms with Crippen molar-refractivity contribution in [2.45, 2.75) is 13.0 Å². The number of nitrogens with two attached hydrogens (primary N) is 1. The summed E-state index contributed by atoms with van der Waals surface area (Å²) in [6, 6.07) is 6.67. The van der Waals surface area contributed by atoms with Crippen LogP contribution in [0.1, 0.15) is 12.5 Å². The molecule has 0 aliphatic carbocycles. The molecule has 1 atom stereocenters. The van der Waals surface area contributed by atoms with Crippen LogP contribution in [-0.2, 0) is 4.79 Å². The highest BCUT2D eigenvalue weighted by molar-refractivity contribution is 7.80. The van der Waals surface area contributed by atoms with Crippen molar-refractivity contribution in [2.24, 2.45) is 10.8 Å². The van der Waals surface area contributed by atoms with Gasteiger partial charge in [-0.05, 0) is 49.0 Å². The summed E-state index contributed by atoms with van der Waals surface area (Å²) in [5.74, 6) is -0.826. The molecule has 0 radical (unpaired) electrons. The number of hydrogen-bond acceptors (Lipinski definition) is 5. The lowest BCUT2D eigenvalue weighted by molar-refractivity contribution is -0.312. The Bertz CT molecular complexity index is 459. The van der Waals surface area contributed by atoms with Gasteiger partial charge in [-0.25, -0.2) is 0 Å². The van der Waals surface area contributed by atoms with Gasteiger partial charge < -0.3 is 20.4 Å². The van der Waals surface area contributed by atoms with E-state index in [1.807, 2.05) is 0 Å².